The van der Waals surface area contributed by atoms with E-state index >= 15 is 0 Å². The Kier molecular flexibility index (Phi) is 4.61. The van der Waals surface area contributed by atoms with Gasteiger partial charge < -0.3 is 10.4 Å². The highest BCUT2D eigenvalue weighted by Gasteiger charge is 2.23. The molecule has 6 heteroatoms. The molecule has 0 spiro atoms. The predicted molar refractivity (Wildman–Crippen MR) is 83.0 cm³/mol. The Morgan fingerprint density at radius 1 is 1.23 bits per heavy atom. The van der Waals surface area contributed by atoms with Crippen LogP contribution in [0.1, 0.15) is 38.8 Å². The van der Waals surface area contributed by atoms with Crippen molar-refractivity contribution in [3.05, 3.63) is 57.5 Å². The Labute approximate surface area is 131 Å². The molecule has 0 saturated carbocycles. The number of aromatic carboxylic acids is 1. The normalized spacial score (nSPS) is 11.2. The zero-order valence-corrected chi connectivity index (χ0v) is 13.0. The summed E-state index contributed by atoms with van der Waals surface area (Å²) < 4.78 is 13.3. The van der Waals surface area contributed by atoms with Gasteiger partial charge in [0, 0.05) is 12.0 Å². The van der Waals surface area contributed by atoms with Gasteiger partial charge in [-0.15, -0.1) is 11.3 Å². The lowest BCUT2D eigenvalue weighted by molar-refractivity contribution is 0.0702. The van der Waals surface area contributed by atoms with Crippen LogP contribution < -0.4 is 5.32 Å². The van der Waals surface area contributed by atoms with E-state index in [0.29, 0.717) is 11.4 Å². The number of halogens is 1. The number of rotatable bonds is 5. The van der Waals surface area contributed by atoms with E-state index in [1.807, 2.05) is 19.9 Å². The second-order valence-electron chi connectivity index (χ2n) is 5.55. The molecule has 0 saturated heterocycles. The van der Waals surface area contributed by atoms with Crippen molar-refractivity contribution in [2.24, 2.45) is 0 Å². The summed E-state index contributed by atoms with van der Waals surface area (Å²) in [6.45, 7) is 4.12. The Bertz CT molecular complexity index is 709. The number of carbonyl (C=O) groups excluding carboxylic acids is 1. The smallest absolute Gasteiger partial charge is 0.345 e. The van der Waals surface area contributed by atoms with Crippen LogP contribution in [0.2, 0.25) is 0 Å². The summed E-state index contributed by atoms with van der Waals surface area (Å²) in [6.07, 6.45) is 0. The Morgan fingerprint density at radius 2 is 1.91 bits per heavy atom. The summed E-state index contributed by atoms with van der Waals surface area (Å²) in [7, 11) is 0. The third-order valence-corrected chi connectivity index (χ3v) is 4.41. The molecule has 1 amide bonds. The number of carboxylic acid groups (broad SMARTS) is 1. The summed E-state index contributed by atoms with van der Waals surface area (Å²) >= 11 is 0.926. The first-order chi connectivity index (χ1) is 10.3. The van der Waals surface area contributed by atoms with Gasteiger partial charge >= 0.3 is 5.97 Å². The fraction of sp³-hybridized carbons (Fsp3) is 0.250. The average Bonchev–Trinajstić information content (AvgIpc) is 2.95. The van der Waals surface area contributed by atoms with Crippen LogP contribution in [0.5, 0.6) is 0 Å². The standard InChI is InChI=1S/C16H16FNO3S/c1-16(2,10-4-3-5-11(17)8-10)9-18-14(19)12-6-7-13(22-12)15(20)21/h3-8H,9H2,1-2H3,(H,18,19)(H,20,21). The number of nitrogens with one attached hydrogen (secondary N) is 1. The van der Waals surface area contributed by atoms with Crippen molar-refractivity contribution in [2.45, 2.75) is 19.3 Å². The van der Waals surface area contributed by atoms with Crippen LogP contribution in [0.25, 0.3) is 0 Å². The van der Waals surface area contributed by atoms with Gasteiger partial charge in [0.05, 0.1) is 4.88 Å². The van der Waals surface area contributed by atoms with Crippen molar-refractivity contribution in [3.8, 4) is 0 Å². The SMILES string of the molecule is CC(C)(CNC(=O)c1ccc(C(=O)O)s1)c1cccc(F)c1. The Morgan fingerprint density at radius 3 is 2.50 bits per heavy atom. The number of benzene rings is 1. The van der Waals surface area contributed by atoms with E-state index in [0.717, 1.165) is 16.9 Å². The topological polar surface area (TPSA) is 66.4 Å². The highest BCUT2D eigenvalue weighted by Crippen LogP contribution is 2.23. The Balaban J connectivity index is 2.04. The minimum Gasteiger partial charge on any atom is -0.477 e. The quantitative estimate of drug-likeness (QED) is 0.888. The third-order valence-electron chi connectivity index (χ3n) is 3.34. The first-order valence-corrected chi connectivity index (χ1v) is 7.48. The van der Waals surface area contributed by atoms with Gasteiger partial charge in [-0.1, -0.05) is 26.0 Å². The van der Waals surface area contributed by atoms with Gasteiger partial charge in [-0.25, -0.2) is 9.18 Å². The van der Waals surface area contributed by atoms with Crippen LogP contribution in [0, 0.1) is 5.82 Å². The van der Waals surface area contributed by atoms with E-state index in [-0.39, 0.29) is 16.6 Å². The van der Waals surface area contributed by atoms with E-state index in [4.69, 9.17) is 5.11 Å². The van der Waals surface area contributed by atoms with E-state index in [2.05, 4.69) is 5.32 Å². The first kappa shape index (κ1) is 16.2. The van der Waals surface area contributed by atoms with Gasteiger partial charge in [0.1, 0.15) is 10.7 Å². The molecular weight excluding hydrogens is 305 g/mol. The maximum Gasteiger partial charge on any atom is 0.345 e. The third kappa shape index (κ3) is 3.71. The molecule has 2 rings (SSSR count). The van der Waals surface area contributed by atoms with Crippen LogP contribution in [0.3, 0.4) is 0 Å². The summed E-state index contributed by atoms with van der Waals surface area (Å²) in [5, 5.41) is 11.6. The lowest BCUT2D eigenvalue weighted by Crippen LogP contribution is -2.36. The van der Waals surface area contributed by atoms with Gasteiger partial charge in [0.15, 0.2) is 0 Å². The average molecular weight is 321 g/mol. The monoisotopic (exact) mass is 321 g/mol. The summed E-state index contributed by atoms with van der Waals surface area (Å²) in [5.41, 5.74) is 0.343. The molecule has 1 heterocycles. The van der Waals surface area contributed by atoms with Crippen LogP contribution >= 0.6 is 11.3 Å². The molecule has 0 atom stereocenters. The molecule has 116 valence electrons. The minimum atomic E-state index is -1.05. The highest BCUT2D eigenvalue weighted by molar-refractivity contribution is 7.15. The van der Waals surface area contributed by atoms with E-state index in [1.165, 1.54) is 24.3 Å². The van der Waals surface area contributed by atoms with Crippen molar-refractivity contribution >= 4 is 23.2 Å². The fourth-order valence-corrected chi connectivity index (χ4v) is 2.74. The van der Waals surface area contributed by atoms with Crippen LogP contribution in [0.4, 0.5) is 4.39 Å². The number of amides is 1. The molecule has 0 aliphatic heterocycles. The lowest BCUT2D eigenvalue weighted by atomic mass is 9.84. The van der Waals surface area contributed by atoms with E-state index in [9.17, 15) is 14.0 Å². The molecule has 1 aromatic heterocycles. The van der Waals surface area contributed by atoms with E-state index < -0.39 is 11.4 Å². The molecule has 0 bridgehead atoms. The van der Waals surface area contributed by atoms with Crippen molar-refractivity contribution in [1.82, 2.24) is 5.32 Å². The number of thiophene rings is 1. The Hall–Kier alpha value is -2.21. The highest BCUT2D eigenvalue weighted by atomic mass is 32.1. The molecule has 0 unspecified atom stereocenters. The van der Waals surface area contributed by atoms with Gasteiger partial charge in [-0.05, 0) is 29.8 Å². The maximum atomic E-state index is 13.3. The molecule has 0 aliphatic rings. The molecule has 1 aromatic carbocycles. The molecule has 0 aliphatic carbocycles. The van der Waals surface area contributed by atoms with E-state index in [1.54, 1.807) is 6.07 Å². The zero-order valence-electron chi connectivity index (χ0n) is 12.2. The minimum absolute atomic E-state index is 0.120. The fourth-order valence-electron chi connectivity index (χ4n) is 1.97. The molecule has 2 N–H and O–H groups in total. The van der Waals surface area contributed by atoms with Crippen LogP contribution in [-0.2, 0) is 5.41 Å². The molecular formula is C16H16FNO3S. The van der Waals surface area contributed by atoms with Crippen molar-refractivity contribution in [3.63, 3.8) is 0 Å². The second kappa shape index (κ2) is 6.27. The second-order valence-corrected chi connectivity index (χ2v) is 6.63. The summed E-state index contributed by atoms with van der Waals surface area (Å²) in [4.78, 5) is 23.3. The van der Waals surface area contributed by atoms with Crippen LogP contribution in [0.15, 0.2) is 36.4 Å². The van der Waals surface area contributed by atoms with Crippen molar-refractivity contribution < 1.29 is 19.1 Å². The predicted octanol–water partition coefficient (Wildman–Crippen LogP) is 3.29. The molecule has 22 heavy (non-hydrogen) atoms. The zero-order chi connectivity index (χ0) is 16.3. The van der Waals surface area contributed by atoms with Gasteiger partial charge in [-0.3, -0.25) is 4.79 Å². The van der Waals surface area contributed by atoms with Gasteiger partial charge in [-0.2, -0.15) is 0 Å². The number of hydrogen-bond donors (Lipinski definition) is 2. The van der Waals surface area contributed by atoms with Crippen LogP contribution in [-0.4, -0.2) is 23.5 Å². The maximum absolute atomic E-state index is 13.3. The molecule has 0 fully saturated rings. The number of carbonyl (C=O) groups is 2. The lowest BCUT2D eigenvalue weighted by Gasteiger charge is -2.25. The number of hydrogen-bond acceptors (Lipinski definition) is 3. The van der Waals surface area contributed by atoms with Crippen molar-refractivity contribution in [2.75, 3.05) is 6.54 Å². The number of carboxylic acids is 1. The molecule has 4 nitrogen and oxygen atoms in total. The van der Waals surface area contributed by atoms with Gasteiger partial charge in [0.2, 0.25) is 0 Å². The van der Waals surface area contributed by atoms with Gasteiger partial charge in [0.25, 0.3) is 5.91 Å². The summed E-state index contributed by atoms with van der Waals surface area (Å²) in [6, 6.07) is 9.14. The molecule has 0 radical (unpaired) electrons. The molecule has 2 aromatic rings. The van der Waals surface area contributed by atoms with Crippen molar-refractivity contribution in [1.29, 1.82) is 0 Å². The summed E-state index contributed by atoms with van der Waals surface area (Å²) in [5.74, 6) is -1.70. The largest absolute Gasteiger partial charge is 0.477 e. The first-order valence-electron chi connectivity index (χ1n) is 6.67.